The Morgan fingerprint density at radius 1 is 0.581 bits per heavy atom. The highest BCUT2D eigenvalue weighted by Gasteiger charge is 2.38. The van der Waals surface area contributed by atoms with E-state index in [2.05, 4.69) is 69.9 Å². The van der Waals surface area contributed by atoms with Gasteiger partial charge in [0, 0.05) is 5.54 Å². The fourth-order valence-electron chi connectivity index (χ4n) is 5.47. The summed E-state index contributed by atoms with van der Waals surface area (Å²) in [4.78, 5) is 0. The van der Waals surface area contributed by atoms with Crippen LogP contribution in [0.1, 0.15) is 106 Å². The van der Waals surface area contributed by atoms with E-state index in [0.29, 0.717) is 5.54 Å². The molecule has 2 aromatic carbocycles. The van der Waals surface area contributed by atoms with Crippen molar-refractivity contribution in [2.24, 2.45) is 0 Å². The molecule has 0 aliphatic heterocycles. The Morgan fingerprint density at radius 2 is 1.00 bits per heavy atom. The number of unbranched alkanes of at least 4 members (excludes halogenated alkanes) is 8. The second-order valence-electron chi connectivity index (χ2n) is 11.0. The van der Waals surface area contributed by atoms with Gasteiger partial charge in [-0.15, -0.1) is 0 Å². The predicted octanol–water partition coefficient (Wildman–Crippen LogP) is 9.70. The highest BCUT2D eigenvalue weighted by atomic mass is 28.3. The summed E-state index contributed by atoms with van der Waals surface area (Å²) in [6.07, 6.45) is 16.1. The van der Waals surface area contributed by atoms with Gasteiger partial charge < -0.3 is 0 Å². The van der Waals surface area contributed by atoms with Crippen molar-refractivity contribution in [3.05, 3.63) is 58.7 Å². The van der Waals surface area contributed by atoms with Crippen molar-refractivity contribution in [3.8, 4) is 11.1 Å². The molecule has 3 rings (SSSR count). The Morgan fingerprint density at radius 3 is 1.39 bits per heavy atom. The Balaban J connectivity index is 1.77. The first-order valence-electron chi connectivity index (χ1n) is 13.2. The standard InChI is InChI=1S/C30H46Si/c1-6-8-10-12-14-16-24-18-20-26-27-21-19-25(17-15-13-11-9-7-2)23-29(27)30(28(26)22-24)31(3,4)5/h18-23,30H,6-17H2,1-5H3. The van der Waals surface area contributed by atoms with Gasteiger partial charge >= 0.3 is 0 Å². The second-order valence-corrected chi connectivity index (χ2v) is 16.3. The minimum absolute atomic E-state index is 0.651. The highest BCUT2D eigenvalue weighted by molar-refractivity contribution is 6.78. The lowest BCUT2D eigenvalue weighted by Crippen LogP contribution is -2.30. The monoisotopic (exact) mass is 434 g/mol. The van der Waals surface area contributed by atoms with Crippen LogP contribution in [0.4, 0.5) is 0 Å². The molecule has 0 N–H and O–H groups in total. The Kier molecular flexibility index (Phi) is 9.02. The molecule has 170 valence electrons. The SMILES string of the molecule is CCCCCCCc1ccc2c(c1)C([Si](C)(C)C)c1cc(CCCCCCC)ccc1-2. The lowest BCUT2D eigenvalue weighted by atomic mass is 9.99. The van der Waals surface area contributed by atoms with Gasteiger partial charge in [0.15, 0.2) is 0 Å². The van der Waals surface area contributed by atoms with Crippen LogP contribution in [0.2, 0.25) is 19.6 Å². The molecule has 0 saturated carbocycles. The zero-order valence-electron chi connectivity index (χ0n) is 21.0. The quantitative estimate of drug-likeness (QED) is 0.217. The van der Waals surface area contributed by atoms with Crippen molar-refractivity contribution in [3.63, 3.8) is 0 Å². The van der Waals surface area contributed by atoms with Crippen LogP contribution in [-0.4, -0.2) is 8.07 Å². The minimum atomic E-state index is -1.37. The molecule has 0 spiro atoms. The fourth-order valence-corrected chi connectivity index (χ4v) is 7.81. The van der Waals surface area contributed by atoms with E-state index in [1.807, 2.05) is 0 Å². The third-order valence-electron chi connectivity index (χ3n) is 7.15. The topological polar surface area (TPSA) is 0 Å². The van der Waals surface area contributed by atoms with E-state index in [1.165, 1.54) is 88.2 Å². The maximum absolute atomic E-state index is 2.59. The number of aryl methyl sites for hydroxylation is 2. The smallest absolute Gasteiger partial charge is 0.0574 e. The van der Waals surface area contributed by atoms with Gasteiger partial charge in [-0.2, -0.15) is 0 Å². The average Bonchev–Trinajstić information content (AvgIpc) is 3.06. The van der Waals surface area contributed by atoms with Gasteiger partial charge in [-0.3, -0.25) is 0 Å². The summed E-state index contributed by atoms with van der Waals surface area (Å²) in [7, 11) is -1.37. The van der Waals surface area contributed by atoms with E-state index in [9.17, 15) is 0 Å². The third-order valence-corrected chi connectivity index (χ3v) is 9.50. The summed E-state index contributed by atoms with van der Waals surface area (Å²) in [6, 6.07) is 14.9. The van der Waals surface area contributed by atoms with Gasteiger partial charge in [-0.05, 0) is 59.1 Å². The zero-order valence-corrected chi connectivity index (χ0v) is 22.0. The average molecular weight is 435 g/mol. The summed E-state index contributed by atoms with van der Waals surface area (Å²) in [5, 5.41) is 0. The van der Waals surface area contributed by atoms with Gasteiger partial charge in [0.1, 0.15) is 0 Å². The molecule has 0 bridgehead atoms. The van der Waals surface area contributed by atoms with Crippen LogP contribution < -0.4 is 0 Å². The predicted molar refractivity (Wildman–Crippen MR) is 142 cm³/mol. The molecule has 1 heteroatoms. The van der Waals surface area contributed by atoms with Gasteiger partial charge in [0.05, 0.1) is 8.07 Å². The van der Waals surface area contributed by atoms with Crippen LogP contribution in [0.5, 0.6) is 0 Å². The molecular formula is C30H46Si. The van der Waals surface area contributed by atoms with E-state index >= 15 is 0 Å². The van der Waals surface area contributed by atoms with E-state index in [1.54, 1.807) is 22.3 Å². The first-order valence-corrected chi connectivity index (χ1v) is 16.8. The van der Waals surface area contributed by atoms with Gasteiger partial charge in [-0.25, -0.2) is 0 Å². The molecule has 0 amide bonds. The number of hydrogen-bond donors (Lipinski definition) is 0. The largest absolute Gasteiger partial charge is 0.0688 e. The highest BCUT2D eigenvalue weighted by Crippen LogP contribution is 2.49. The summed E-state index contributed by atoms with van der Waals surface area (Å²) in [5.74, 6) is 0. The molecule has 0 nitrogen and oxygen atoms in total. The number of benzene rings is 2. The van der Waals surface area contributed by atoms with Crippen molar-refractivity contribution in [1.82, 2.24) is 0 Å². The molecule has 0 aromatic heterocycles. The van der Waals surface area contributed by atoms with Crippen LogP contribution in [0.3, 0.4) is 0 Å². The zero-order chi connectivity index (χ0) is 22.3. The lowest BCUT2D eigenvalue weighted by molar-refractivity contribution is 0.632. The molecule has 2 aromatic rings. The van der Waals surface area contributed by atoms with E-state index in [4.69, 9.17) is 0 Å². The van der Waals surface area contributed by atoms with Crippen molar-refractivity contribution in [1.29, 1.82) is 0 Å². The molecule has 0 unspecified atom stereocenters. The first-order chi connectivity index (χ1) is 15.0. The molecule has 1 aliphatic carbocycles. The number of fused-ring (bicyclic) bond motifs is 3. The maximum atomic E-state index is 2.59. The Labute approximate surface area is 193 Å². The first kappa shape index (κ1) is 24.3. The fraction of sp³-hybridized carbons (Fsp3) is 0.600. The van der Waals surface area contributed by atoms with E-state index < -0.39 is 8.07 Å². The summed E-state index contributed by atoms with van der Waals surface area (Å²) < 4.78 is 0. The third kappa shape index (κ3) is 6.34. The summed E-state index contributed by atoms with van der Waals surface area (Å²) in [6.45, 7) is 12.3. The molecule has 0 heterocycles. The summed E-state index contributed by atoms with van der Waals surface area (Å²) >= 11 is 0. The summed E-state index contributed by atoms with van der Waals surface area (Å²) in [5.41, 5.74) is 10.1. The van der Waals surface area contributed by atoms with Crippen molar-refractivity contribution < 1.29 is 0 Å². The number of rotatable bonds is 13. The molecule has 0 atom stereocenters. The maximum Gasteiger partial charge on any atom is 0.0574 e. The van der Waals surface area contributed by atoms with Gasteiger partial charge in [0.2, 0.25) is 0 Å². The van der Waals surface area contributed by atoms with E-state index in [0.717, 1.165) is 0 Å². The Bertz CT molecular complexity index is 763. The molecular weight excluding hydrogens is 388 g/mol. The molecule has 0 fully saturated rings. The van der Waals surface area contributed by atoms with Crippen LogP contribution >= 0.6 is 0 Å². The minimum Gasteiger partial charge on any atom is -0.0688 e. The van der Waals surface area contributed by atoms with Gasteiger partial charge in [0.25, 0.3) is 0 Å². The van der Waals surface area contributed by atoms with Gasteiger partial charge in [-0.1, -0.05) is 121 Å². The van der Waals surface area contributed by atoms with Crippen LogP contribution in [0, 0.1) is 0 Å². The van der Waals surface area contributed by atoms with E-state index in [-0.39, 0.29) is 0 Å². The molecule has 0 radical (unpaired) electrons. The molecule has 0 saturated heterocycles. The normalized spacial score (nSPS) is 13.5. The lowest BCUT2D eigenvalue weighted by Gasteiger charge is -2.27. The molecule has 31 heavy (non-hydrogen) atoms. The van der Waals surface area contributed by atoms with Crippen molar-refractivity contribution >= 4 is 8.07 Å². The Hall–Kier alpha value is -1.34. The second kappa shape index (κ2) is 11.5. The van der Waals surface area contributed by atoms with Crippen molar-refractivity contribution in [2.45, 2.75) is 116 Å². The number of hydrogen-bond acceptors (Lipinski definition) is 0. The van der Waals surface area contributed by atoms with Crippen LogP contribution in [0.25, 0.3) is 11.1 Å². The molecule has 1 aliphatic rings. The van der Waals surface area contributed by atoms with Crippen LogP contribution in [-0.2, 0) is 12.8 Å². The van der Waals surface area contributed by atoms with Crippen molar-refractivity contribution in [2.75, 3.05) is 0 Å². The van der Waals surface area contributed by atoms with Crippen LogP contribution in [0.15, 0.2) is 36.4 Å².